The molecule has 0 fully saturated rings. The Kier molecular flexibility index (Phi) is 5.07. The number of halogens is 1. The molecule has 0 aliphatic carbocycles. The molecule has 0 amide bonds. The smallest absolute Gasteiger partial charge is 0.858 e. The number of rotatable bonds is 0. The third-order valence-corrected chi connectivity index (χ3v) is 3.16. The molecule has 0 saturated carbocycles. The van der Waals surface area contributed by atoms with E-state index in [2.05, 4.69) is 11.9 Å². The molecule has 96 valence electrons. The van der Waals surface area contributed by atoms with Crippen LogP contribution in [0.1, 0.15) is 18.9 Å². The second kappa shape index (κ2) is 5.84. The summed E-state index contributed by atoms with van der Waals surface area (Å²) in [5.74, 6) is 0.499. The fourth-order valence-corrected chi connectivity index (χ4v) is 2.22. The molecular weight excluding hydrogens is 450 g/mol. The summed E-state index contributed by atoms with van der Waals surface area (Å²) in [7, 11) is 0. The Morgan fingerprint density at radius 3 is 2.79 bits per heavy atom. The van der Waals surface area contributed by atoms with Gasteiger partial charge in [0.25, 0.3) is 0 Å². The molecule has 2 heterocycles. The van der Waals surface area contributed by atoms with Gasteiger partial charge in [0.05, 0.1) is 5.52 Å². The second-order valence-corrected chi connectivity index (χ2v) is 4.79. The first-order valence-corrected chi connectivity index (χ1v) is 5.70. The van der Waals surface area contributed by atoms with Gasteiger partial charge in [-0.2, -0.15) is 0 Å². The maximum absolute atomic E-state index is 11.9. The summed E-state index contributed by atoms with van der Waals surface area (Å²) in [4.78, 5) is 4.08. The van der Waals surface area contributed by atoms with Crippen LogP contribution in [0.25, 0.3) is 10.9 Å². The molecule has 0 saturated heterocycles. The van der Waals surface area contributed by atoms with E-state index in [1.165, 1.54) is 0 Å². The first kappa shape index (κ1) is 16.5. The van der Waals surface area contributed by atoms with Gasteiger partial charge in [-0.3, -0.25) is 4.98 Å². The molecular formula is C14H14ClHgNO2. The molecule has 2 aromatic rings. The minimum absolute atomic E-state index is 0. The van der Waals surface area contributed by atoms with E-state index in [4.69, 9.17) is 4.74 Å². The van der Waals surface area contributed by atoms with Gasteiger partial charge in [0.15, 0.2) is 0 Å². The van der Waals surface area contributed by atoms with Crippen LogP contribution >= 0.6 is 12.4 Å². The molecule has 1 unspecified atom stereocenters. The zero-order valence-electron chi connectivity index (χ0n) is 10.8. The first-order valence-electron chi connectivity index (χ1n) is 5.70. The normalized spacial score (nSPS) is 15.7. The number of fused-ring (bicyclic) bond motifs is 3. The Bertz CT molecular complexity index is 601. The number of hydrogen-bond acceptors (Lipinski definition) is 3. The predicted molar refractivity (Wildman–Crippen MR) is 71.1 cm³/mol. The fourth-order valence-electron chi connectivity index (χ4n) is 2.22. The summed E-state index contributed by atoms with van der Waals surface area (Å²) in [6.45, 7) is 5.96. The number of ether oxygens (including phenoxy) is 1. The van der Waals surface area contributed by atoms with Crippen molar-refractivity contribution in [2.75, 3.05) is 0 Å². The van der Waals surface area contributed by atoms with Crippen molar-refractivity contribution in [1.29, 1.82) is 0 Å². The summed E-state index contributed by atoms with van der Waals surface area (Å²) < 4.78 is 5.86. The number of para-hydroxylation sites is 1. The molecule has 1 aromatic heterocycles. The van der Waals surface area contributed by atoms with Crippen molar-refractivity contribution in [2.24, 2.45) is 0 Å². The van der Waals surface area contributed by atoms with E-state index >= 15 is 0 Å². The Hall–Kier alpha value is -0.545. The third-order valence-electron chi connectivity index (χ3n) is 3.16. The van der Waals surface area contributed by atoms with Crippen LogP contribution < -0.4 is 9.84 Å². The van der Waals surface area contributed by atoms with Crippen molar-refractivity contribution in [2.45, 2.75) is 25.4 Å². The van der Waals surface area contributed by atoms with Crippen LogP contribution in [-0.4, -0.2) is 10.6 Å². The predicted octanol–water partition coefficient (Wildman–Crippen LogP) is 2.65. The summed E-state index contributed by atoms with van der Waals surface area (Å²) >= 11 is 0. The Balaban J connectivity index is 0.000000902. The Morgan fingerprint density at radius 2 is 2.05 bits per heavy atom. The third kappa shape index (κ3) is 2.97. The van der Waals surface area contributed by atoms with Crippen molar-refractivity contribution >= 4 is 23.3 Å². The van der Waals surface area contributed by atoms with Gasteiger partial charge >= 0.3 is 27.7 Å². The van der Waals surface area contributed by atoms with Gasteiger partial charge in [-0.1, -0.05) is 12.1 Å². The molecule has 2 radical (unpaired) electrons. The SMILES string of the molecule is Cl.[CH2]C1(C)CCc2c([O-])nc3ccccc3c2O1.[Hg+]. The maximum atomic E-state index is 11.9. The van der Waals surface area contributed by atoms with Crippen LogP contribution in [0.5, 0.6) is 11.6 Å². The molecule has 1 aliphatic rings. The largest absolute Gasteiger partial charge is 1.00 e. The zero-order chi connectivity index (χ0) is 12.0. The first-order chi connectivity index (χ1) is 8.07. The van der Waals surface area contributed by atoms with Crippen molar-refractivity contribution in [3.05, 3.63) is 36.8 Å². The topological polar surface area (TPSA) is 45.2 Å². The van der Waals surface area contributed by atoms with E-state index in [9.17, 15) is 5.11 Å². The summed E-state index contributed by atoms with van der Waals surface area (Å²) in [5, 5.41) is 12.8. The van der Waals surface area contributed by atoms with Gasteiger partial charge in [-0.05, 0) is 44.7 Å². The van der Waals surface area contributed by atoms with Crippen molar-refractivity contribution in [3.63, 3.8) is 0 Å². The summed E-state index contributed by atoms with van der Waals surface area (Å²) in [6, 6.07) is 7.55. The summed E-state index contributed by atoms with van der Waals surface area (Å²) in [6.07, 6.45) is 1.43. The number of aromatic nitrogens is 1. The number of hydrogen-bond donors (Lipinski definition) is 0. The average molecular weight is 464 g/mol. The van der Waals surface area contributed by atoms with Gasteiger partial charge in [-0.15, -0.1) is 12.4 Å². The number of nitrogens with zero attached hydrogens (tertiary/aromatic N) is 1. The van der Waals surface area contributed by atoms with E-state index in [0.29, 0.717) is 23.3 Å². The van der Waals surface area contributed by atoms with Crippen molar-refractivity contribution in [1.82, 2.24) is 4.98 Å². The van der Waals surface area contributed by atoms with Gasteiger partial charge in [0.1, 0.15) is 11.4 Å². The Morgan fingerprint density at radius 1 is 1.37 bits per heavy atom. The van der Waals surface area contributed by atoms with E-state index in [1.807, 2.05) is 31.2 Å². The van der Waals surface area contributed by atoms with Crippen LogP contribution in [0.2, 0.25) is 0 Å². The number of benzene rings is 1. The van der Waals surface area contributed by atoms with Gasteiger partial charge in [0.2, 0.25) is 0 Å². The molecule has 3 rings (SSSR count). The van der Waals surface area contributed by atoms with E-state index in [1.54, 1.807) is 0 Å². The van der Waals surface area contributed by atoms with Gasteiger partial charge in [0, 0.05) is 10.9 Å². The fraction of sp³-hybridized carbons (Fsp3) is 0.286. The van der Waals surface area contributed by atoms with Crippen LogP contribution in [0, 0.1) is 6.92 Å². The van der Waals surface area contributed by atoms with Gasteiger partial charge in [-0.25, -0.2) is 0 Å². The molecule has 1 aromatic carbocycles. The minimum Gasteiger partial charge on any atom is -0.858 e. The van der Waals surface area contributed by atoms with Crippen LogP contribution in [0.4, 0.5) is 0 Å². The molecule has 0 spiro atoms. The minimum atomic E-state index is -0.455. The molecule has 5 heteroatoms. The van der Waals surface area contributed by atoms with E-state index < -0.39 is 5.60 Å². The number of pyridine rings is 1. The van der Waals surface area contributed by atoms with Crippen molar-refractivity contribution < 1.29 is 37.5 Å². The molecule has 0 N–H and O–H groups in total. The van der Waals surface area contributed by atoms with Crippen molar-refractivity contribution in [3.8, 4) is 11.6 Å². The Labute approximate surface area is 139 Å². The molecule has 19 heavy (non-hydrogen) atoms. The zero-order valence-corrected chi connectivity index (χ0v) is 17.1. The molecule has 0 bridgehead atoms. The monoisotopic (exact) mass is 465 g/mol. The standard InChI is InChI=1S/C14H14NO2.ClH.Hg/c1-14(2)8-7-10-12(17-14)9-5-3-4-6-11(9)15-13(10)16;;/h3-6H,1,7-8H2,2H3,(H,15,16);1H;/q;;+1/p-1. The van der Waals surface area contributed by atoms with Gasteiger partial charge < -0.3 is 9.84 Å². The average Bonchev–Trinajstić information content (AvgIpc) is 2.28. The van der Waals surface area contributed by atoms with Crippen LogP contribution in [0.3, 0.4) is 0 Å². The summed E-state index contributed by atoms with van der Waals surface area (Å²) in [5.41, 5.74) is 0.919. The molecule has 1 aliphatic heterocycles. The molecule has 1 atom stereocenters. The van der Waals surface area contributed by atoms with E-state index in [-0.39, 0.29) is 46.0 Å². The second-order valence-electron chi connectivity index (χ2n) is 4.79. The van der Waals surface area contributed by atoms with Crippen LogP contribution in [0.15, 0.2) is 24.3 Å². The van der Waals surface area contributed by atoms with Crippen LogP contribution in [-0.2, 0) is 34.1 Å². The quantitative estimate of drug-likeness (QED) is 0.564. The maximum Gasteiger partial charge on any atom is 1.00 e. The van der Waals surface area contributed by atoms with E-state index in [0.717, 1.165) is 11.8 Å². The molecule has 3 nitrogen and oxygen atoms in total.